The largest absolute Gasteiger partial charge is 0.324 e. The predicted molar refractivity (Wildman–Crippen MR) is 111 cm³/mol. The maximum Gasteiger partial charge on any atom is 0.234 e. The number of carbonyl (C=O) groups excluding carboxylic acids is 1. The van der Waals surface area contributed by atoms with Crippen LogP contribution in [0.1, 0.15) is 11.4 Å². The molecule has 1 amide bonds. The van der Waals surface area contributed by atoms with E-state index < -0.39 is 0 Å². The van der Waals surface area contributed by atoms with Crippen molar-refractivity contribution in [1.82, 2.24) is 14.8 Å². The highest BCUT2D eigenvalue weighted by atomic mass is 35.5. The molecule has 0 saturated heterocycles. The molecule has 1 aromatic heterocycles. The van der Waals surface area contributed by atoms with Crippen LogP contribution in [-0.2, 0) is 24.7 Å². The van der Waals surface area contributed by atoms with E-state index in [1.54, 1.807) is 18.2 Å². The van der Waals surface area contributed by atoms with E-state index in [1.165, 1.54) is 17.3 Å². The Bertz CT molecular complexity index is 931. The Morgan fingerprint density at radius 3 is 2.63 bits per heavy atom. The zero-order valence-electron chi connectivity index (χ0n) is 14.7. The second kappa shape index (κ2) is 9.26. The van der Waals surface area contributed by atoms with Crippen molar-refractivity contribution in [3.8, 4) is 0 Å². The van der Waals surface area contributed by atoms with Crippen LogP contribution in [0.15, 0.2) is 53.7 Å². The summed E-state index contributed by atoms with van der Waals surface area (Å²) in [6.07, 6.45) is 1.69. The Balaban J connectivity index is 1.53. The number of aryl methyl sites for hydroxylation is 2. The van der Waals surface area contributed by atoms with Gasteiger partial charge in [0.25, 0.3) is 0 Å². The molecule has 0 aliphatic carbocycles. The van der Waals surface area contributed by atoms with E-state index in [2.05, 4.69) is 27.6 Å². The first-order valence-electron chi connectivity index (χ1n) is 8.33. The standard InChI is InChI=1S/C19H18Cl2N4OS/c1-25-17(10-7-13-5-3-2-4-6-13)23-24-19(25)27-12-18(26)22-16-9-8-14(20)11-15(16)21/h2-6,8-9,11H,7,10,12H2,1H3,(H,22,26). The van der Waals surface area contributed by atoms with Gasteiger partial charge in [-0.05, 0) is 30.2 Å². The molecule has 0 radical (unpaired) electrons. The Labute approximate surface area is 172 Å². The number of benzene rings is 2. The Morgan fingerprint density at radius 2 is 1.89 bits per heavy atom. The summed E-state index contributed by atoms with van der Waals surface area (Å²) < 4.78 is 1.93. The lowest BCUT2D eigenvalue weighted by Gasteiger charge is -2.07. The first kappa shape index (κ1) is 19.7. The number of halogens is 2. The number of nitrogens with one attached hydrogen (secondary N) is 1. The molecule has 0 aliphatic heterocycles. The van der Waals surface area contributed by atoms with Crippen molar-refractivity contribution < 1.29 is 4.79 Å². The Hall–Kier alpha value is -2.02. The zero-order chi connectivity index (χ0) is 19.2. The van der Waals surface area contributed by atoms with E-state index in [0.717, 1.165) is 18.7 Å². The first-order valence-corrected chi connectivity index (χ1v) is 10.1. The number of amides is 1. The molecular formula is C19H18Cl2N4OS. The van der Waals surface area contributed by atoms with Gasteiger partial charge in [-0.2, -0.15) is 0 Å². The lowest BCUT2D eigenvalue weighted by molar-refractivity contribution is -0.113. The van der Waals surface area contributed by atoms with Gasteiger partial charge in [0.2, 0.25) is 5.91 Å². The van der Waals surface area contributed by atoms with E-state index in [1.807, 2.05) is 29.8 Å². The predicted octanol–water partition coefficient (Wildman–Crippen LogP) is 4.64. The summed E-state index contributed by atoms with van der Waals surface area (Å²) >= 11 is 13.3. The first-order chi connectivity index (χ1) is 13.0. The Kier molecular flexibility index (Phi) is 6.77. The van der Waals surface area contributed by atoms with Gasteiger partial charge in [-0.15, -0.1) is 10.2 Å². The van der Waals surface area contributed by atoms with Gasteiger partial charge in [0, 0.05) is 18.5 Å². The molecule has 3 rings (SSSR count). The average Bonchev–Trinajstić information content (AvgIpc) is 3.01. The van der Waals surface area contributed by atoms with Crippen LogP contribution in [0.25, 0.3) is 0 Å². The number of hydrogen-bond acceptors (Lipinski definition) is 4. The van der Waals surface area contributed by atoms with E-state index in [9.17, 15) is 4.79 Å². The van der Waals surface area contributed by atoms with Gasteiger partial charge in [0.05, 0.1) is 16.5 Å². The Morgan fingerprint density at radius 1 is 1.11 bits per heavy atom. The summed E-state index contributed by atoms with van der Waals surface area (Å²) in [7, 11) is 1.91. The molecule has 2 aromatic carbocycles. The van der Waals surface area contributed by atoms with Crippen LogP contribution < -0.4 is 5.32 Å². The van der Waals surface area contributed by atoms with Crippen LogP contribution in [-0.4, -0.2) is 26.4 Å². The molecule has 0 unspecified atom stereocenters. The number of carbonyl (C=O) groups is 1. The zero-order valence-corrected chi connectivity index (χ0v) is 17.0. The molecule has 0 bridgehead atoms. The summed E-state index contributed by atoms with van der Waals surface area (Å²) in [5.41, 5.74) is 1.79. The molecule has 0 fully saturated rings. The molecule has 1 heterocycles. The topological polar surface area (TPSA) is 59.8 Å². The molecule has 0 spiro atoms. The fourth-order valence-corrected chi connectivity index (χ4v) is 3.68. The molecule has 0 saturated carbocycles. The van der Waals surface area contributed by atoms with Crippen LogP contribution in [0.2, 0.25) is 10.0 Å². The average molecular weight is 421 g/mol. The minimum Gasteiger partial charge on any atom is -0.324 e. The fourth-order valence-electron chi connectivity index (χ4n) is 2.50. The van der Waals surface area contributed by atoms with Gasteiger partial charge in [-0.3, -0.25) is 4.79 Å². The molecule has 0 atom stereocenters. The van der Waals surface area contributed by atoms with Crippen molar-refractivity contribution in [2.45, 2.75) is 18.0 Å². The maximum absolute atomic E-state index is 12.2. The second-order valence-electron chi connectivity index (χ2n) is 5.90. The number of rotatable bonds is 7. The summed E-state index contributed by atoms with van der Waals surface area (Å²) in [4.78, 5) is 12.2. The van der Waals surface area contributed by atoms with E-state index in [-0.39, 0.29) is 11.7 Å². The number of thioether (sulfide) groups is 1. The molecular weight excluding hydrogens is 403 g/mol. The van der Waals surface area contributed by atoms with Gasteiger partial charge in [0.1, 0.15) is 5.82 Å². The van der Waals surface area contributed by atoms with Crippen molar-refractivity contribution in [2.24, 2.45) is 7.05 Å². The fraction of sp³-hybridized carbons (Fsp3) is 0.211. The second-order valence-corrected chi connectivity index (χ2v) is 7.69. The van der Waals surface area contributed by atoms with Crippen LogP contribution >= 0.6 is 35.0 Å². The van der Waals surface area contributed by atoms with E-state index >= 15 is 0 Å². The summed E-state index contributed by atoms with van der Waals surface area (Å²) in [6.45, 7) is 0. The third-order valence-electron chi connectivity index (χ3n) is 3.94. The van der Waals surface area contributed by atoms with Crippen molar-refractivity contribution in [2.75, 3.05) is 11.1 Å². The lowest BCUT2D eigenvalue weighted by Crippen LogP contribution is -2.14. The monoisotopic (exact) mass is 420 g/mol. The maximum atomic E-state index is 12.2. The highest BCUT2D eigenvalue weighted by Gasteiger charge is 2.12. The quantitative estimate of drug-likeness (QED) is 0.565. The van der Waals surface area contributed by atoms with Gasteiger partial charge < -0.3 is 9.88 Å². The molecule has 8 heteroatoms. The number of aromatic nitrogens is 3. The minimum absolute atomic E-state index is 0.168. The van der Waals surface area contributed by atoms with Gasteiger partial charge in [0.15, 0.2) is 5.16 Å². The summed E-state index contributed by atoms with van der Waals surface area (Å²) in [5.74, 6) is 0.935. The minimum atomic E-state index is -0.168. The molecule has 5 nitrogen and oxygen atoms in total. The van der Waals surface area contributed by atoms with Crippen molar-refractivity contribution in [3.63, 3.8) is 0 Å². The van der Waals surface area contributed by atoms with Crippen LogP contribution in [0.4, 0.5) is 5.69 Å². The normalized spacial score (nSPS) is 10.8. The van der Waals surface area contributed by atoms with Crippen molar-refractivity contribution in [1.29, 1.82) is 0 Å². The molecule has 1 N–H and O–H groups in total. The van der Waals surface area contributed by atoms with Crippen LogP contribution in [0, 0.1) is 0 Å². The number of hydrogen-bond donors (Lipinski definition) is 1. The van der Waals surface area contributed by atoms with E-state index in [4.69, 9.17) is 23.2 Å². The summed E-state index contributed by atoms with van der Waals surface area (Å²) in [5, 5.41) is 12.8. The SMILES string of the molecule is Cn1c(CCc2ccccc2)nnc1SCC(=O)Nc1ccc(Cl)cc1Cl. The highest BCUT2D eigenvalue weighted by Crippen LogP contribution is 2.26. The number of nitrogens with zero attached hydrogens (tertiary/aromatic N) is 3. The van der Waals surface area contributed by atoms with Crippen LogP contribution in [0.5, 0.6) is 0 Å². The van der Waals surface area contributed by atoms with E-state index in [0.29, 0.717) is 20.9 Å². The van der Waals surface area contributed by atoms with Gasteiger partial charge in [-0.25, -0.2) is 0 Å². The third-order valence-corrected chi connectivity index (χ3v) is 5.51. The van der Waals surface area contributed by atoms with Crippen LogP contribution in [0.3, 0.4) is 0 Å². The lowest BCUT2D eigenvalue weighted by atomic mass is 10.1. The van der Waals surface area contributed by atoms with Gasteiger partial charge >= 0.3 is 0 Å². The molecule has 140 valence electrons. The third kappa shape index (κ3) is 5.48. The van der Waals surface area contributed by atoms with Crippen molar-refractivity contribution in [3.05, 3.63) is 70.0 Å². The molecule has 0 aliphatic rings. The molecule has 27 heavy (non-hydrogen) atoms. The molecule has 3 aromatic rings. The smallest absolute Gasteiger partial charge is 0.234 e. The highest BCUT2D eigenvalue weighted by molar-refractivity contribution is 7.99. The van der Waals surface area contributed by atoms with Gasteiger partial charge in [-0.1, -0.05) is 65.3 Å². The number of anilines is 1. The summed E-state index contributed by atoms with van der Waals surface area (Å²) in [6, 6.07) is 15.2. The van der Waals surface area contributed by atoms with Crippen molar-refractivity contribution >= 4 is 46.6 Å².